The van der Waals surface area contributed by atoms with Gasteiger partial charge in [-0.2, -0.15) is 11.8 Å². The molecule has 0 saturated heterocycles. The minimum Gasteiger partial charge on any atom is -0.391 e. The Hall–Kier alpha value is -1.20. The Kier molecular flexibility index (Phi) is 8.35. The van der Waals surface area contributed by atoms with Crippen LogP contribution in [-0.4, -0.2) is 29.0 Å². The van der Waals surface area contributed by atoms with Crippen LogP contribution < -0.4 is 10.6 Å². The van der Waals surface area contributed by atoms with Gasteiger partial charge in [-0.3, -0.25) is 0 Å². The first-order valence-electron chi connectivity index (χ1n) is 7.87. The molecule has 1 atom stereocenters. The summed E-state index contributed by atoms with van der Waals surface area (Å²) in [6, 6.07) is 5.69. The maximum Gasteiger partial charge on any atom is 0.319 e. The van der Waals surface area contributed by atoms with Crippen LogP contribution in [0.3, 0.4) is 0 Å². The summed E-state index contributed by atoms with van der Waals surface area (Å²) in [5.74, 6) is 0.940. The number of hydrogen-bond acceptors (Lipinski definition) is 3. The summed E-state index contributed by atoms with van der Waals surface area (Å²) in [6.07, 6.45) is 1.12. The highest BCUT2D eigenvalue weighted by Gasteiger charge is 2.09. The minimum atomic E-state index is -0.481. The van der Waals surface area contributed by atoms with Crippen LogP contribution in [0.25, 0.3) is 0 Å². The van der Waals surface area contributed by atoms with Crippen molar-refractivity contribution in [2.45, 2.75) is 57.6 Å². The van der Waals surface area contributed by atoms with Crippen molar-refractivity contribution in [3.63, 3.8) is 0 Å². The van der Waals surface area contributed by atoms with Crippen LogP contribution in [0.2, 0.25) is 0 Å². The number of rotatable bonds is 8. The molecule has 0 saturated carbocycles. The molecule has 0 radical (unpaired) electrons. The standard InChI is InChI=1S/C17H28N2O2S/c1-5-7-15(20)10-18-17(21)19-16-9-6-8-14(13(16)4)11-22-12(2)3/h6,8-9,12,15,20H,5,7,10-11H2,1-4H3,(H2,18,19,21). The number of aliphatic hydroxyl groups excluding tert-OH is 1. The molecule has 0 aliphatic carbocycles. The summed E-state index contributed by atoms with van der Waals surface area (Å²) in [5.41, 5.74) is 3.16. The summed E-state index contributed by atoms with van der Waals surface area (Å²) < 4.78 is 0. The van der Waals surface area contributed by atoms with E-state index in [4.69, 9.17) is 0 Å². The van der Waals surface area contributed by atoms with Gasteiger partial charge in [0, 0.05) is 18.0 Å². The quantitative estimate of drug-likeness (QED) is 0.679. The van der Waals surface area contributed by atoms with Crippen LogP contribution in [0, 0.1) is 6.92 Å². The number of amides is 2. The normalized spacial score (nSPS) is 12.3. The second-order valence-corrected chi connectivity index (χ2v) is 7.29. The van der Waals surface area contributed by atoms with Gasteiger partial charge in [0.15, 0.2) is 0 Å². The van der Waals surface area contributed by atoms with Crippen molar-refractivity contribution in [2.24, 2.45) is 0 Å². The van der Waals surface area contributed by atoms with Crippen LogP contribution in [0.5, 0.6) is 0 Å². The van der Waals surface area contributed by atoms with E-state index in [-0.39, 0.29) is 12.6 Å². The van der Waals surface area contributed by atoms with Crippen LogP contribution >= 0.6 is 11.8 Å². The number of benzene rings is 1. The lowest BCUT2D eigenvalue weighted by atomic mass is 10.1. The number of nitrogens with one attached hydrogen (secondary N) is 2. The highest BCUT2D eigenvalue weighted by Crippen LogP contribution is 2.24. The van der Waals surface area contributed by atoms with E-state index in [2.05, 4.69) is 30.5 Å². The molecule has 0 spiro atoms. The number of carbonyl (C=O) groups is 1. The van der Waals surface area contributed by atoms with Gasteiger partial charge in [0.05, 0.1) is 6.10 Å². The second kappa shape index (κ2) is 9.74. The van der Waals surface area contributed by atoms with E-state index in [1.807, 2.05) is 37.7 Å². The Morgan fingerprint density at radius 3 is 2.73 bits per heavy atom. The Bertz CT molecular complexity index is 478. The zero-order chi connectivity index (χ0) is 16.5. The molecular weight excluding hydrogens is 296 g/mol. The van der Waals surface area contributed by atoms with Gasteiger partial charge in [0.1, 0.15) is 0 Å². The molecule has 0 bridgehead atoms. The Morgan fingerprint density at radius 2 is 2.09 bits per heavy atom. The van der Waals surface area contributed by atoms with Gasteiger partial charge in [-0.05, 0) is 35.8 Å². The first-order valence-corrected chi connectivity index (χ1v) is 8.91. The fourth-order valence-corrected chi connectivity index (χ4v) is 2.87. The molecule has 4 nitrogen and oxygen atoms in total. The SMILES string of the molecule is CCCC(O)CNC(=O)Nc1cccc(CSC(C)C)c1C. The van der Waals surface area contributed by atoms with Crippen LogP contribution in [-0.2, 0) is 5.75 Å². The molecule has 22 heavy (non-hydrogen) atoms. The largest absolute Gasteiger partial charge is 0.391 e. The van der Waals surface area contributed by atoms with Gasteiger partial charge in [0.25, 0.3) is 0 Å². The third-order valence-electron chi connectivity index (χ3n) is 3.39. The summed E-state index contributed by atoms with van der Waals surface area (Å²) >= 11 is 1.88. The van der Waals surface area contributed by atoms with Gasteiger partial charge in [-0.25, -0.2) is 4.79 Å². The summed E-state index contributed by atoms with van der Waals surface area (Å²) in [4.78, 5) is 11.9. The van der Waals surface area contributed by atoms with Crippen molar-refractivity contribution >= 4 is 23.5 Å². The van der Waals surface area contributed by atoms with E-state index in [1.54, 1.807) is 0 Å². The topological polar surface area (TPSA) is 61.4 Å². The average molecular weight is 324 g/mol. The van der Waals surface area contributed by atoms with Crippen molar-refractivity contribution in [1.29, 1.82) is 0 Å². The molecule has 0 aliphatic rings. The number of aliphatic hydroxyl groups is 1. The number of anilines is 1. The lowest BCUT2D eigenvalue weighted by Crippen LogP contribution is -2.35. The zero-order valence-electron chi connectivity index (χ0n) is 14.0. The second-order valence-electron chi connectivity index (χ2n) is 5.73. The van der Waals surface area contributed by atoms with Gasteiger partial charge in [-0.15, -0.1) is 0 Å². The molecule has 1 rings (SSSR count). The Balaban J connectivity index is 2.57. The van der Waals surface area contributed by atoms with E-state index in [1.165, 1.54) is 5.56 Å². The molecular formula is C17H28N2O2S. The lowest BCUT2D eigenvalue weighted by molar-refractivity contribution is 0.162. The smallest absolute Gasteiger partial charge is 0.319 e. The molecule has 0 fully saturated rings. The number of carbonyl (C=O) groups excluding carboxylic acids is 1. The molecule has 3 N–H and O–H groups in total. The van der Waals surface area contributed by atoms with Crippen LogP contribution in [0.1, 0.15) is 44.7 Å². The zero-order valence-corrected chi connectivity index (χ0v) is 14.8. The molecule has 5 heteroatoms. The Labute approximate surface area is 138 Å². The molecule has 124 valence electrons. The highest BCUT2D eigenvalue weighted by atomic mass is 32.2. The van der Waals surface area contributed by atoms with Crippen molar-refractivity contribution in [3.8, 4) is 0 Å². The van der Waals surface area contributed by atoms with E-state index in [0.717, 1.165) is 23.4 Å². The number of hydrogen-bond donors (Lipinski definition) is 3. The van der Waals surface area contributed by atoms with Gasteiger partial charge >= 0.3 is 6.03 Å². The molecule has 0 aromatic heterocycles. The Morgan fingerprint density at radius 1 is 1.36 bits per heavy atom. The highest BCUT2D eigenvalue weighted by molar-refractivity contribution is 7.99. The molecule has 0 heterocycles. The van der Waals surface area contributed by atoms with E-state index < -0.39 is 6.10 Å². The maximum atomic E-state index is 11.9. The minimum absolute atomic E-state index is 0.271. The van der Waals surface area contributed by atoms with Crippen molar-refractivity contribution in [1.82, 2.24) is 5.32 Å². The maximum absolute atomic E-state index is 11.9. The summed E-state index contributed by atoms with van der Waals surface area (Å²) in [7, 11) is 0. The van der Waals surface area contributed by atoms with Gasteiger partial charge in [-0.1, -0.05) is 39.3 Å². The number of thioether (sulfide) groups is 1. The summed E-state index contributed by atoms with van der Waals surface area (Å²) in [6.45, 7) is 8.67. The molecule has 0 aliphatic heterocycles. The monoisotopic (exact) mass is 324 g/mol. The average Bonchev–Trinajstić information content (AvgIpc) is 2.46. The molecule has 1 aromatic rings. The third kappa shape index (κ3) is 6.71. The van der Waals surface area contributed by atoms with Crippen molar-refractivity contribution in [3.05, 3.63) is 29.3 Å². The fourth-order valence-electron chi connectivity index (χ4n) is 2.04. The molecule has 1 aromatic carbocycles. The van der Waals surface area contributed by atoms with Crippen LogP contribution in [0.4, 0.5) is 10.5 Å². The van der Waals surface area contributed by atoms with E-state index in [9.17, 15) is 9.90 Å². The molecule has 2 amide bonds. The lowest BCUT2D eigenvalue weighted by Gasteiger charge is -2.15. The molecule has 1 unspecified atom stereocenters. The predicted molar refractivity (Wildman–Crippen MR) is 95.5 cm³/mol. The van der Waals surface area contributed by atoms with Gasteiger partial charge < -0.3 is 15.7 Å². The first-order chi connectivity index (χ1) is 10.4. The summed E-state index contributed by atoms with van der Waals surface area (Å²) in [5, 5.41) is 15.8. The van der Waals surface area contributed by atoms with Crippen molar-refractivity contribution in [2.75, 3.05) is 11.9 Å². The predicted octanol–water partition coefficient (Wildman–Crippen LogP) is 3.92. The first kappa shape index (κ1) is 18.8. The van der Waals surface area contributed by atoms with E-state index >= 15 is 0 Å². The van der Waals surface area contributed by atoms with Gasteiger partial charge in [0.2, 0.25) is 0 Å². The van der Waals surface area contributed by atoms with Crippen LogP contribution in [0.15, 0.2) is 18.2 Å². The third-order valence-corrected chi connectivity index (χ3v) is 4.53. The fraction of sp³-hybridized carbons (Fsp3) is 0.588. The van der Waals surface area contributed by atoms with E-state index in [0.29, 0.717) is 11.7 Å². The van der Waals surface area contributed by atoms with Crippen molar-refractivity contribution < 1.29 is 9.90 Å². The number of urea groups is 1.